The van der Waals surface area contributed by atoms with Crippen LogP contribution in [0.1, 0.15) is 16.1 Å². The molecule has 0 saturated carbocycles. The molecular weight excluding hydrogens is 242 g/mol. The lowest BCUT2D eigenvalue weighted by Gasteiger charge is -2.07. The van der Waals surface area contributed by atoms with E-state index in [2.05, 4.69) is 15.6 Å². The van der Waals surface area contributed by atoms with Crippen molar-refractivity contribution in [2.75, 3.05) is 18.5 Å². The van der Waals surface area contributed by atoms with Gasteiger partial charge in [-0.2, -0.15) is 0 Å². The topological polar surface area (TPSA) is 77.2 Å². The summed E-state index contributed by atoms with van der Waals surface area (Å²) in [5.41, 5.74) is 2.64. The highest BCUT2D eigenvalue weighted by Crippen LogP contribution is 2.10. The second-order valence-corrected chi connectivity index (χ2v) is 4.11. The maximum absolute atomic E-state index is 11.6. The summed E-state index contributed by atoms with van der Waals surface area (Å²) in [6, 6.07) is 11.2. The van der Waals surface area contributed by atoms with Crippen molar-refractivity contribution in [3.05, 3.63) is 53.9 Å². The fourth-order valence-corrected chi connectivity index (χ4v) is 1.69. The molecular formula is C14H17N3O2. The molecule has 0 aliphatic carbocycles. The number of carbonyl (C=O) groups excluding carboxylic acids is 1. The van der Waals surface area contributed by atoms with E-state index in [1.807, 2.05) is 30.5 Å². The van der Waals surface area contributed by atoms with Crippen LogP contribution in [0.2, 0.25) is 0 Å². The first-order chi connectivity index (χ1) is 9.29. The lowest BCUT2D eigenvalue weighted by molar-refractivity contribution is 0.0945. The Bertz CT molecular complexity index is 506. The summed E-state index contributed by atoms with van der Waals surface area (Å²) in [6.07, 6.45) is 1.88. The summed E-state index contributed by atoms with van der Waals surface area (Å²) in [5, 5.41) is 14.5. The molecule has 0 aliphatic heterocycles. The zero-order chi connectivity index (χ0) is 13.5. The standard InChI is InChI=1S/C14H17N3O2/c18-9-8-16-14(19)11-3-5-12(6-4-11)17-10-13-2-1-7-15-13/h1-7,15,17-18H,8-10H2,(H,16,19). The molecule has 0 aliphatic rings. The molecule has 0 unspecified atom stereocenters. The van der Waals surface area contributed by atoms with E-state index in [4.69, 9.17) is 5.11 Å². The van der Waals surface area contributed by atoms with Gasteiger partial charge < -0.3 is 20.7 Å². The maximum atomic E-state index is 11.6. The number of aromatic amines is 1. The van der Waals surface area contributed by atoms with Crippen molar-refractivity contribution in [3.8, 4) is 0 Å². The molecule has 1 amide bonds. The number of aromatic nitrogens is 1. The zero-order valence-corrected chi connectivity index (χ0v) is 10.5. The van der Waals surface area contributed by atoms with E-state index in [-0.39, 0.29) is 19.1 Å². The lowest BCUT2D eigenvalue weighted by Crippen LogP contribution is -2.26. The van der Waals surface area contributed by atoms with Crippen LogP contribution in [0.4, 0.5) is 5.69 Å². The number of amides is 1. The van der Waals surface area contributed by atoms with Crippen LogP contribution in [0.25, 0.3) is 0 Å². The molecule has 2 aromatic rings. The van der Waals surface area contributed by atoms with Gasteiger partial charge in [-0.25, -0.2) is 0 Å². The quantitative estimate of drug-likeness (QED) is 0.632. The Balaban J connectivity index is 1.89. The number of aliphatic hydroxyl groups excluding tert-OH is 1. The summed E-state index contributed by atoms with van der Waals surface area (Å²) in [6.45, 7) is 0.927. The molecule has 0 fully saturated rings. The molecule has 0 radical (unpaired) electrons. The Hall–Kier alpha value is -2.27. The van der Waals surface area contributed by atoms with Gasteiger partial charge in [0.2, 0.25) is 0 Å². The van der Waals surface area contributed by atoms with Crippen LogP contribution < -0.4 is 10.6 Å². The van der Waals surface area contributed by atoms with E-state index in [1.54, 1.807) is 12.1 Å². The summed E-state index contributed by atoms with van der Waals surface area (Å²) >= 11 is 0. The minimum absolute atomic E-state index is 0.0540. The van der Waals surface area contributed by atoms with Crippen LogP contribution in [-0.4, -0.2) is 29.1 Å². The van der Waals surface area contributed by atoms with E-state index in [9.17, 15) is 4.79 Å². The lowest BCUT2D eigenvalue weighted by atomic mass is 10.2. The second kappa shape index (κ2) is 6.61. The van der Waals surface area contributed by atoms with Crippen molar-refractivity contribution < 1.29 is 9.90 Å². The third-order valence-corrected chi connectivity index (χ3v) is 2.69. The van der Waals surface area contributed by atoms with Crippen LogP contribution in [-0.2, 0) is 6.54 Å². The van der Waals surface area contributed by atoms with Gasteiger partial charge >= 0.3 is 0 Å². The largest absolute Gasteiger partial charge is 0.395 e. The molecule has 0 saturated heterocycles. The van der Waals surface area contributed by atoms with Gasteiger partial charge in [-0.05, 0) is 36.4 Å². The third-order valence-electron chi connectivity index (χ3n) is 2.69. The first-order valence-corrected chi connectivity index (χ1v) is 6.15. The van der Waals surface area contributed by atoms with Gasteiger partial charge in [-0.3, -0.25) is 4.79 Å². The second-order valence-electron chi connectivity index (χ2n) is 4.11. The fourth-order valence-electron chi connectivity index (χ4n) is 1.69. The number of anilines is 1. The van der Waals surface area contributed by atoms with Gasteiger partial charge in [0.1, 0.15) is 0 Å². The minimum atomic E-state index is -0.176. The average molecular weight is 259 g/mol. The highest BCUT2D eigenvalue weighted by molar-refractivity contribution is 5.94. The van der Waals surface area contributed by atoms with Crippen molar-refractivity contribution >= 4 is 11.6 Å². The molecule has 0 atom stereocenters. The van der Waals surface area contributed by atoms with Crippen LogP contribution in [0.3, 0.4) is 0 Å². The number of hydrogen-bond acceptors (Lipinski definition) is 3. The monoisotopic (exact) mass is 259 g/mol. The predicted octanol–water partition coefficient (Wildman–Crippen LogP) is 1.35. The van der Waals surface area contributed by atoms with Crippen molar-refractivity contribution in [1.82, 2.24) is 10.3 Å². The summed E-state index contributed by atoms with van der Waals surface area (Å²) in [5.74, 6) is -0.176. The molecule has 19 heavy (non-hydrogen) atoms. The number of rotatable bonds is 6. The van der Waals surface area contributed by atoms with Crippen molar-refractivity contribution in [2.45, 2.75) is 6.54 Å². The molecule has 1 aromatic carbocycles. The Morgan fingerprint density at radius 1 is 1.21 bits per heavy atom. The maximum Gasteiger partial charge on any atom is 0.251 e. The molecule has 1 aromatic heterocycles. The molecule has 2 rings (SSSR count). The van der Waals surface area contributed by atoms with Gasteiger partial charge in [0, 0.05) is 29.7 Å². The molecule has 4 N–H and O–H groups in total. The Morgan fingerprint density at radius 3 is 2.63 bits per heavy atom. The average Bonchev–Trinajstić information content (AvgIpc) is 2.96. The highest BCUT2D eigenvalue weighted by atomic mass is 16.3. The zero-order valence-electron chi connectivity index (χ0n) is 10.5. The van der Waals surface area contributed by atoms with Crippen LogP contribution in [0.15, 0.2) is 42.6 Å². The Labute approximate surface area is 111 Å². The molecule has 1 heterocycles. The van der Waals surface area contributed by atoms with E-state index >= 15 is 0 Å². The van der Waals surface area contributed by atoms with Gasteiger partial charge in [0.05, 0.1) is 13.2 Å². The summed E-state index contributed by atoms with van der Waals surface area (Å²) in [7, 11) is 0. The van der Waals surface area contributed by atoms with Crippen LogP contribution >= 0.6 is 0 Å². The summed E-state index contributed by atoms with van der Waals surface area (Å²) < 4.78 is 0. The van der Waals surface area contributed by atoms with Crippen LogP contribution in [0, 0.1) is 0 Å². The van der Waals surface area contributed by atoms with E-state index in [0.717, 1.165) is 11.4 Å². The number of hydrogen-bond donors (Lipinski definition) is 4. The first kappa shape index (κ1) is 13.2. The van der Waals surface area contributed by atoms with Crippen molar-refractivity contribution in [1.29, 1.82) is 0 Å². The third kappa shape index (κ3) is 3.86. The number of carbonyl (C=O) groups is 1. The predicted molar refractivity (Wildman–Crippen MR) is 74.0 cm³/mol. The van der Waals surface area contributed by atoms with Gasteiger partial charge in [-0.1, -0.05) is 0 Å². The highest BCUT2D eigenvalue weighted by Gasteiger charge is 2.03. The Kier molecular flexibility index (Phi) is 4.58. The smallest absolute Gasteiger partial charge is 0.251 e. The minimum Gasteiger partial charge on any atom is -0.395 e. The van der Waals surface area contributed by atoms with E-state index < -0.39 is 0 Å². The molecule has 100 valence electrons. The van der Waals surface area contributed by atoms with Crippen LogP contribution in [0.5, 0.6) is 0 Å². The molecule has 5 heteroatoms. The number of aliphatic hydroxyl groups is 1. The van der Waals surface area contributed by atoms with Gasteiger partial charge in [0.15, 0.2) is 0 Å². The van der Waals surface area contributed by atoms with Crippen molar-refractivity contribution in [2.24, 2.45) is 0 Å². The van der Waals surface area contributed by atoms with E-state index in [1.165, 1.54) is 0 Å². The molecule has 0 bridgehead atoms. The first-order valence-electron chi connectivity index (χ1n) is 6.15. The number of H-pyrrole nitrogens is 1. The molecule has 0 spiro atoms. The van der Waals surface area contributed by atoms with Gasteiger partial charge in [0.25, 0.3) is 5.91 Å². The molecule has 5 nitrogen and oxygen atoms in total. The number of nitrogens with one attached hydrogen (secondary N) is 3. The van der Waals surface area contributed by atoms with Crippen molar-refractivity contribution in [3.63, 3.8) is 0 Å². The number of benzene rings is 1. The van der Waals surface area contributed by atoms with Gasteiger partial charge in [-0.15, -0.1) is 0 Å². The van der Waals surface area contributed by atoms with E-state index in [0.29, 0.717) is 12.1 Å². The fraction of sp³-hybridized carbons (Fsp3) is 0.214. The SMILES string of the molecule is O=C(NCCO)c1ccc(NCc2ccc[nH]2)cc1. The normalized spacial score (nSPS) is 10.2. The Morgan fingerprint density at radius 2 is 2.00 bits per heavy atom. The summed E-state index contributed by atoms with van der Waals surface area (Å²) in [4.78, 5) is 14.7.